The number of aliphatic imine (C=N–C) groups is 1. The van der Waals surface area contributed by atoms with Gasteiger partial charge >= 0.3 is 0 Å². The van der Waals surface area contributed by atoms with Gasteiger partial charge in [-0.25, -0.2) is 4.99 Å². The standard InChI is InChI=1S/C15H24N4O2/c1-4-16-15(17-5-2)18-9-10-21-14-8-6-7-13(11-14)19-12(3)20/h6-8,11H,4-5,9-10H2,1-3H3,(H,19,20)(H2,16,17,18). The minimum absolute atomic E-state index is 0.0994. The summed E-state index contributed by atoms with van der Waals surface area (Å²) in [4.78, 5) is 15.4. The summed E-state index contributed by atoms with van der Waals surface area (Å²) in [5.74, 6) is 1.40. The van der Waals surface area contributed by atoms with E-state index >= 15 is 0 Å². The largest absolute Gasteiger partial charge is 0.492 e. The predicted molar refractivity (Wildman–Crippen MR) is 85.9 cm³/mol. The van der Waals surface area contributed by atoms with Crippen LogP contribution in [0.2, 0.25) is 0 Å². The van der Waals surface area contributed by atoms with Gasteiger partial charge in [0.2, 0.25) is 5.91 Å². The zero-order chi connectivity index (χ0) is 15.5. The molecule has 1 aromatic carbocycles. The van der Waals surface area contributed by atoms with Crippen molar-refractivity contribution in [3.8, 4) is 5.75 Å². The maximum Gasteiger partial charge on any atom is 0.221 e. The first kappa shape index (κ1) is 16.8. The van der Waals surface area contributed by atoms with E-state index in [9.17, 15) is 4.79 Å². The molecule has 0 saturated heterocycles. The Morgan fingerprint density at radius 3 is 2.57 bits per heavy atom. The van der Waals surface area contributed by atoms with Gasteiger partial charge in [0.05, 0.1) is 6.54 Å². The molecule has 0 aliphatic carbocycles. The molecule has 6 nitrogen and oxygen atoms in total. The second-order valence-electron chi connectivity index (χ2n) is 4.35. The zero-order valence-corrected chi connectivity index (χ0v) is 12.9. The molecule has 0 aliphatic heterocycles. The lowest BCUT2D eigenvalue weighted by molar-refractivity contribution is -0.114. The Balaban J connectivity index is 2.44. The van der Waals surface area contributed by atoms with Crippen LogP contribution in [0, 0.1) is 0 Å². The van der Waals surface area contributed by atoms with E-state index in [1.807, 2.05) is 32.0 Å². The highest BCUT2D eigenvalue weighted by Gasteiger charge is 1.99. The van der Waals surface area contributed by atoms with Gasteiger partial charge in [0.25, 0.3) is 0 Å². The van der Waals surface area contributed by atoms with E-state index in [1.165, 1.54) is 6.92 Å². The Hall–Kier alpha value is -2.24. The average molecular weight is 292 g/mol. The molecule has 3 N–H and O–H groups in total. The van der Waals surface area contributed by atoms with Crippen LogP contribution in [-0.4, -0.2) is 38.1 Å². The van der Waals surface area contributed by atoms with Crippen LogP contribution in [0.5, 0.6) is 5.75 Å². The van der Waals surface area contributed by atoms with Gasteiger partial charge in [-0.15, -0.1) is 0 Å². The van der Waals surface area contributed by atoms with Crippen LogP contribution in [-0.2, 0) is 4.79 Å². The number of nitrogens with zero attached hydrogens (tertiary/aromatic N) is 1. The second kappa shape index (κ2) is 9.63. The van der Waals surface area contributed by atoms with Gasteiger partial charge in [-0.2, -0.15) is 0 Å². The molecular formula is C15H24N4O2. The van der Waals surface area contributed by atoms with Gasteiger partial charge < -0.3 is 20.7 Å². The molecular weight excluding hydrogens is 268 g/mol. The van der Waals surface area contributed by atoms with Gasteiger partial charge in [0.15, 0.2) is 5.96 Å². The molecule has 0 unspecified atom stereocenters. The molecule has 0 radical (unpaired) electrons. The summed E-state index contributed by atoms with van der Waals surface area (Å²) in [6, 6.07) is 7.30. The molecule has 116 valence electrons. The van der Waals surface area contributed by atoms with Crippen LogP contribution in [0.3, 0.4) is 0 Å². The van der Waals surface area contributed by atoms with E-state index in [0.717, 1.165) is 24.7 Å². The normalized spacial score (nSPS) is 9.67. The Morgan fingerprint density at radius 2 is 1.95 bits per heavy atom. The number of nitrogens with one attached hydrogen (secondary N) is 3. The molecule has 0 saturated carbocycles. The number of benzene rings is 1. The number of ether oxygens (including phenoxy) is 1. The maximum absolute atomic E-state index is 11.0. The topological polar surface area (TPSA) is 74.8 Å². The fourth-order valence-corrected chi connectivity index (χ4v) is 1.70. The maximum atomic E-state index is 11.0. The van der Waals surface area contributed by atoms with Crippen molar-refractivity contribution in [2.45, 2.75) is 20.8 Å². The molecule has 6 heteroatoms. The number of guanidine groups is 1. The van der Waals surface area contributed by atoms with Gasteiger partial charge in [-0.3, -0.25) is 4.79 Å². The van der Waals surface area contributed by atoms with Gasteiger partial charge in [-0.05, 0) is 26.0 Å². The predicted octanol–water partition coefficient (Wildman–Crippen LogP) is 1.60. The molecule has 0 spiro atoms. The highest BCUT2D eigenvalue weighted by Crippen LogP contribution is 2.17. The highest BCUT2D eigenvalue weighted by atomic mass is 16.5. The first-order chi connectivity index (χ1) is 10.2. The second-order valence-corrected chi connectivity index (χ2v) is 4.35. The van der Waals surface area contributed by atoms with Gasteiger partial charge in [0.1, 0.15) is 12.4 Å². The highest BCUT2D eigenvalue weighted by molar-refractivity contribution is 5.88. The zero-order valence-electron chi connectivity index (χ0n) is 12.9. The summed E-state index contributed by atoms with van der Waals surface area (Å²) in [7, 11) is 0. The molecule has 0 aliphatic rings. The minimum atomic E-state index is -0.0994. The smallest absolute Gasteiger partial charge is 0.221 e. The van der Waals surface area contributed by atoms with Crippen LogP contribution < -0.4 is 20.7 Å². The number of hydrogen-bond donors (Lipinski definition) is 3. The number of rotatable bonds is 7. The van der Waals surface area contributed by atoms with Crippen molar-refractivity contribution in [1.29, 1.82) is 0 Å². The van der Waals surface area contributed by atoms with Crippen molar-refractivity contribution in [3.05, 3.63) is 24.3 Å². The summed E-state index contributed by atoms with van der Waals surface area (Å²) in [6.45, 7) is 8.21. The van der Waals surface area contributed by atoms with Crippen LogP contribution in [0.15, 0.2) is 29.3 Å². The van der Waals surface area contributed by atoms with E-state index in [1.54, 1.807) is 6.07 Å². The lowest BCUT2D eigenvalue weighted by atomic mass is 10.3. The molecule has 1 rings (SSSR count). The lowest BCUT2D eigenvalue weighted by Crippen LogP contribution is -2.37. The molecule has 0 atom stereocenters. The monoisotopic (exact) mass is 292 g/mol. The van der Waals surface area contributed by atoms with Gasteiger partial charge in [0, 0.05) is 31.8 Å². The van der Waals surface area contributed by atoms with Gasteiger partial charge in [-0.1, -0.05) is 6.07 Å². The molecule has 1 amide bonds. The van der Waals surface area contributed by atoms with Crippen LogP contribution in [0.4, 0.5) is 5.69 Å². The summed E-state index contributed by atoms with van der Waals surface area (Å²) in [5, 5.41) is 9.02. The van der Waals surface area contributed by atoms with Crippen molar-refractivity contribution in [3.63, 3.8) is 0 Å². The molecule has 0 bridgehead atoms. The van der Waals surface area contributed by atoms with Crippen LogP contribution >= 0.6 is 0 Å². The van der Waals surface area contributed by atoms with Crippen molar-refractivity contribution in [2.24, 2.45) is 4.99 Å². The molecule has 0 heterocycles. The van der Waals surface area contributed by atoms with Crippen molar-refractivity contribution in [1.82, 2.24) is 10.6 Å². The Labute approximate surface area is 126 Å². The molecule has 1 aromatic rings. The van der Waals surface area contributed by atoms with E-state index < -0.39 is 0 Å². The van der Waals surface area contributed by atoms with E-state index in [0.29, 0.717) is 18.9 Å². The third-order valence-electron chi connectivity index (χ3n) is 2.47. The number of carbonyl (C=O) groups excluding carboxylic acids is 1. The van der Waals surface area contributed by atoms with Crippen molar-refractivity contribution in [2.75, 3.05) is 31.6 Å². The Kier molecular flexibility index (Phi) is 7.71. The molecule has 0 fully saturated rings. The quantitative estimate of drug-likeness (QED) is 0.405. The average Bonchev–Trinajstić information content (AvgIpc) is 2.43. The Morgan fingerprint density at radius 1 is 1.24 bits per heavy atom. The van der Waals surface area contributed by atoms with E-state index in [4.69, 9.17) is 4.74 Å². The van der Waals surface area contributed by atoms with E-state index in [2.05, 4.69) is 20.9 Å². The number of anilines is 1. The fraction of sp³-hybridized carbons (Fsp3) is 0.467. The summed E-state index contributed by atoms with van der Waals surface area (Å²) >= 11 is 0. The summed E-state index contributed by atoms with van der Waals surface area (Å²) < 4.78 is 5.62. The fourth-order valence-electron chi connectivity index (χ4n) is 1.70. The van der Waals surface area contributed by atoms with Crippen LogP contribution in [0.25, 0.3) is 0 Å². The van der Waals surface area contributed by atoms with Crippen molar-refractivity contribution >= 4 is 17.6 Å². The molecule has 21 heavy (non-hydrogen) atoms. The molecule has 0 aromatic heterocycles. The number of hydrogen-bond acceptors (Lipinski definition) is 3. The first-order valence-electron chi connectivity index (χ1n) is 7.18. The third-order valence-corrected chi connectivity index (χ3v) is 2.47. The lowest BCUT2D eigenvalue weighted by Gasteiger charge is -2.10. The summed E-state index contributed by atoms with van der Waals surface area (Å²) in [5.41, 5.74) is 0.726. The summed E-state index contributed by atoms with van der Waals surface area (Å²) in [6.07, 6.45) is 0. The number of carbonyl (C=O) groups is 1. The Bertz CT molecular complexity index is 466. The third kappa shape index (κ3) is 7.20. The first-order valence-corrected chi connectivity index (χ1v) is 7.18. The van der Waals surface area contributed by atoms with Crippen LogP contribution in [0.1, 0.15) is 20.8 Å². The SMILES string of the molecule is CCNC(=NCCOc1cccc(NC(C)=O)c1)NCC. The minimum Gasteiger partial charge on any atom is -0.492 e. The van der Waals surface area contributed by atoms with Crippen molar-refractivity contribution < 1.29 is 9.53 Å². The van der Waals surface area contributed by atoms with E-state index in [-0.39, 0.29) is 5.91 Å². The number of amides is 1.